The molecule has 0 radical (unpaired) electrons. The molecule has 1 saturated heterocycles. The predicted octanol–water partition coefficient (Wildman–Crippen LogP) is 2.29. The van der Waals surface area contributed by atoms with Crippen molar-refractivity contribution in [2.75, 3.05) is 13.1 Å². The highest BCUT2D eigenvalue weighted by Crippen LogP contribution is 2.21. The molecule has 0 aliphatic carbocycles. The van der Waals surface area contributed by atoms with Gasteiger partial charge >= 0.3 is 0 Å². The van der Waals surface area contributed by atoms with E-state index in [9.17, 15) is 9.18 Å². The number of halogens is 2. The van der Waals surface area contributed by atoms with Crippen LogP contribution in [0.3, 0.4) is 0 Å². The van der Waals surface area contributed by atoms with E-state index in [1.165, 1.54) is 6.07 Å². The van der Waals surface area contributed by atoms with Crippen LogP contribution in [0.5, 0.6) is 0 Å². The van der Waals surface area contributed by atoms with Crippen LogP contribution < -0.4 is 5.73 Å². The quantitative estimate of drug-likeness (QED) is 0.930. The first kappa shape index (κ1) is 13.5. The molecule has 0 saturated carbocycles. The molecule has 5 heteroatoms. The van der Waals surface area contributed by atoms with E-state index < -0.39 is 0 Å². The van der Waals surface area contributed by atoms with E-state index in [4.69, 9.17) is 5.73 Å². The van der Waals surface area contributed by atoms with Crippen LogP contribution in [0.25, 0.3) is 0 Å². The molecule has 0 unspecified atom stereocenters. The Hall–Kier alpha value is -0.940. The third-order valence-electron chi connectivity index (χ3n) is 3.32. The van der Waals surface area contributed by atoms with Gasteiger partial charge in [0, 0.05) is 16.9 Å². The first-order chi connectivity index (χ1) is 8.54. The topological polar surface area (TPSA) is 46.3 Å². The minimum absolute atomic E-state index is 0.000459. The summed E-state index contributed by atoms with van der Waals surface area (Å²) in [6.07, 6.45) is 1.59. The van der Waals surface area contributed by atoms with Crippen LogP contribution in [-0.4, -0.2) is 23.9 Å². The van der Waals surface area contributed by atoms with Crippen molar-refractivity contribution in [3.63, 3.8) is 0 Å². The molecule has 3 nitrogen and oxygen atoms in total. The monoisotopic (exact) mass is 314 g/mol. The Balaban J connectivity index is 1.93. The van der Waals surface area contributed by atoms with Gasteiger partial charge in [-0.05, 0) is 49.7 Å². The summed E-state index contributed by atoms with van der Waals surface area (Å²) in [6.45, 7) is 2.38. The van der Waals surface area contributed by atoms with Crippen LogP contribution in [0.4, 0.5) is 4.39 Å². The molecule has 18 heavy (non-hydrogen) atoms. The molecule has 1 aromatic carbocycles. The maximum atomic E-state index is 13.2. The number of primary amides is 1. The van der Waals surface area contributed by atoms with Crippen LogP contribution >= 0.6 is 15.9 Å². The Morgan fingerprint density at radius 3 is 2.61 bits per heavy atom. The fraction of sp³-hybridized carbons (Fsp3) is 0.462. The zero-order valence-electron chi connectivity index (χ0n) is 10.0. The van der Waals surface area contributed by atoms with Gasteiger partial charge in [0.25, 0.3) is 0 Å². The molecular formula is C13H16BrFN2O. The van der Waals surface area contributed by atoms with Gasteiger partial charge in [-0.15, -0.1) is 0 Å². The van der Waals surface area contributed by atoms with Crippen molar-refractivity contribution < 1.29 is 9.18 Å². The van der Waals surface area contributed by atoms with E-state index in [-0.39, 0.29) is 17.6 Å². The van der Waals surface area contributed by atoms with Crippen molar-refractivity contribution in [3.05, 3.63) is 34.1 Å². The first-order valence-corrected chi connectivity index (χ1v) is 6.80. The largest absolute Gasteiger partial charge is 0.369 e. The van der Waals surface area contributed by atoms with Gasteiger partial charge in [-0.3, -0.25) is 9.69 Å². The van der Waals surface area contributed by atoms with Crippen LogP contribution in [-0.2, 0) is 11.3 Å². The highest BCUT2D eigenvalue weighted by atomic mass is 79.9. The van der Waals surface area contributed by atoms with Crippen molar-refractivity contribution >= 4 is 21.8 Å². The van der Waals surface area contributed by atoms with Crippen molar-refractivity contribution in [1.82, 2.24) is 4.90 Å². The Labute approximate surface area is 114 Å². The summed E-state index contributed by atoms with van der Waals surface area (Å²) >= 11 is 3.29. The molecule has 0 aromatic heterocycles. The number of benzene rings is 1. The standard InChI is InChI=1S/C13H16BrFN2O/c14-11-5-9(6-12(15)7-11)8-17-3-1-10(2-4-17)13(16)18/h5-7,10H,1-4,8H2,(H2,16,18). The Morgan fingerprint density at radius 1 is 1.39 bits per heavy atom. The maximum absolute atomic E-state index is 13.2. The number of carbonyl (C=O) groups excluding carboxylic acids is 1. The molecule has 1 aliphatic rings. The summed E-state index contributed by atoms with van der Waals surface area (Å²) in [5.74, 6) is -0.435. The second-order valence-corrected chi connectivity index (χ2v) is 5.65. The van der Waals surface area contributed by atoms with Crippen LogP contribution in [0.1, 0.15) is 18.4 Å². The lowest BCUT2D eigenvalue weighted by Crippen LogP contribution is -2.38. The Bertz CT molecular complexity index is 424. The summed E-state index contributed by atoms with van der Waals surface area (Å²) in [5, 5.41) is 0. The molecule has 2 rings (SSSR count). The lowest BCUT2D eigenvalue weighted by atomic mass is 9.96. The number of amides is 1. The fourth-order valence-corrected chi connectivity index (χ4v) is 2.85. The summed E-state index contributed by atoms with van der Waals surface area (Å²) < 4.78 is 14.0. The first-order valence-electron chi connectivity index (χ1n) is 6.01. The maximum Gasteiger partial charge on any atom is 0.220 e. The summed E-state index contributed by atoms with van der Waals surface area (Å²) in [6, 6.07) is 4.91. The Kier molecular flexibility index (Phi) is 4.35. The van der Waals surface area contributed by atoms with E-state index in [0.717, 1.165) is 36.0 Å². The molecule has 0 spiro atoms. The number of likely N-dealkylation sites (tertiary alicyclic amines) is 1. The molecule has 0 atom stereocenters. The van der Waals surface area contributed by atoms with Gasteiger partial charge in [-0.25, -0.2) is 4.39 Å². The van der Waals surface area contributed by atoms with Crippen molar-refractivity contribution in [2.45, 2.75) is 19.4 Å². The van der Waals surface area contributed by atoms with E-state index in [0.29, 0.717) is 6.54 Å². The zero-order chi connectivity index (χ0) is 13.1. The van der Waals surface area contributed by atoms with Crippen molar-refractivity contribution in [3.8, 4) is 0 Å². The molecule has 1 aromatic rings. The summed E-state index contributed by atoms with van der Waals surface area (Å²) in [5.41, 5.74) is 6.24. The number of hydrogen-bond donors (Lipinski definition) is 1. The van der Waals surface area contributed by atoms with Gasteiger partial charge in [0.1, 0.15) is 5.82 Å². The van der Waals surface area contributed by atoms with Crippen molar-refractivity contribution in [2.24, 2.45) is 11.7 Å². The normalized spacial score (nSPS) is 17.9. The number of nitrogens with two attached hydrogens (primary N) is 1. The van der Waals surface area contributed by atoms with Crippen LogP contribution in [0.2, 0.25) is 0 Å². The van der Waals surface area contributed by atoms with Crippen LogP contribution in [0.15, 0.2) is 22.7 Å². The SMILES string of the molecule is NC(=O)C1CCN(Cc2cc(F)cc(Br)c2)CC1. The molecule has 1 aliphatic heterocycles. The Morgan fingerprint density at radius 2 is 2.06 bits per heavy atom. The lowest BCUT2D eigenvalue weighted by molar-refractivity contribution is -0.123. The predicted molar refractivity (Wildman–Crippen MR) is 71.3 cm³/mol. The second kappa shape index (κ2) is 5.80. The van der Waals surface area contributed by atoms with E-state index >= 15 is 0 Å². The van der Waals surface area contributed by atoms with E-state index in [2.05, 4.69) is 20.8 Å². The zero-order valence-corrected chi connectivity index (χ0v) is 11.6. The van der Waals surface area contributed by atoms with Gasteiger partial charge in [-0.2, -0.15) is 0 Å². The molecule has 1 amide bonds. The van der Waals surface area contributed by atoms with Crippen molar-refractivity contribution in [1.29, 1.82) is 0 Å². The molecule has 1 fully saturated rings. The average Bonchev–Trinajstić information content (AvgIpc) is 2.28. The number of nitrogens with zero attached hydrogens (tertiary/aromatic N) is 1. The third kappa shape index (κ3) is 3.53. The molecule has 1 heterocycles. The number of piperidine rings is 1. The lowest BCUT2D eigenvalue weighted by Gasteiger charge is -2.30. The minimum atomic E-state index is -0.230. The average molecular weight is 315 g/mol. The highest BCUT2D eigenvalue weighted by Gasteiger charge is 2.22. The molecule has 2 N–H and O–H groups in total. The van der Waals surface area contributed by atoms with Gasteiger partial charge in [0.2, 0.25) is 5.91 Å². The minimum Gasteiger partial charge on any atom is -0.369 e. The number of rotatable bonds is 3. The summed E-state index contributed by atoms with van der Waals surface area (Å²) in [4.78, 5) is 13.3. The number of carbonyl (C=O) groups is 1. The van der Waals surface area contributed by atoms with E-state index in [1.54, 1.807) is 6.07 Å². The highest BCUT2D eigenvalue weighted by molar-refractivity contribution is 9.10. The fourth-order valence-electron chi connectivity index (χ4n) is 2.34. The molecule has 98 valence electrons. The third-order valence-corrected chi connectivity index (χ3v) is 3.78. The van der Waals surface area contributed by atoms with Gasteiger partial charge in [-0.1, -0.05) is 15.9 Å². The van der Waals surface area contributed by atoms with Crippen LogP contribution in [0, 0.1) is 11.7 Å². The van der Waals surface area contributed by atoms with E-state index in [1.807, 2.05) is 6.07 Å². The molecule has 0 bridgehead atoms. The number of hydrogen-bond acceptors (Lipinski definition) is 2. The van der Waals surface area contributed by atoms with Gasteiger partial charge in [0.05, 0.1) is 0 Å². The van der Waals surface area contributed by atoms with Gasteiger partial charge in [0.15, 0.2) is 0 Å². The second-order valence-electron chi connectivity index (χ2n) is 4.73. The van der Waals surface area contributed by atoms with Gasteiger partial charge < -0.3 is 5.73 Å². The smallest absolute Gasteiger partial charge is 0.220 e. The summed E-state index contributed by atoms with van der Waals surface area (Å²) in [7, 11) is 0. The molecular weight excluding hydrogens is 299 g/mol.